The van der Waals surface area contributed by atoms with Gasteiger partial charge in [-0.1, -0.05) is 147 Å². The molecule has 2 aliphatic carbocycles. The lowest BCUT2D eigenvalue weighted by atomic mass is 9.77. The van der Waals surface area contributed by atoms with Crippen LogP contribution in [0.15, 0.2) is 156 Å². The Morgan fingerprint density at radius 1 is 0.702 bits per heavy atom. The van der Waals surface area contributed by atoms with Crippen LogP contribution in [0.25, 0.3) is 33.5 Å². The number of hydrogen-bond donors (Lipinski definition) is 2. The highest BCUT2D eigenvalue weighted by Gasteiger charge is 2.39. The van der Waals surface area contributed by atoms with Crippen LogP contribution >= 0.6 is 0 Å². The van der Waals surface area contributed by atoms with Gasteiger partial charge in [0.1, 0.15) is 5.84 Å². The van der Waals surface area contributed by atoms with Crippen molar-refractivity contribution in [2.45, 2.75) is 39.0 Å². The van der Waals surface area contributed by atoms with Gasteiger partial charge in [0.15, 0.2) is 0 Å². The van der Waals surface area contributed by atoms with Crippen molar-refractivity contribution in [3.8, 4) is 22.3 Å². The second-order valence-corrected chi connectivity index (χ2v) is 12.8. The maximum Gasteiger partial charge on any atom is 0.103 e. The van der Waals surface area contributed by atoms with Gasteiger partial charge in [-0.05, 0) is 76.4 Å². The van der Waals surface area contributed by atoms with Gasteiger partial charge in [0.2, 0.25) is 0 Å². The third kappa shape index (κ3) is 5.93. The Hall–Kier alpha value is -5.54. The van der Waals surface area contributed by atoms with Crippen LogP contribution in [-0.4, -0.2) is 11.5 Å². The molecule has 0 heterocycles. The van der Waals surface area contributed by atoms with E-state index in [-0.39, 0.29) is 5.41 Å². The number of allylic oxidation sites excluding steroid dienone is 5. The Labute approximate surface area is 278 Å². The Kier molecular flexibility index (Phi) is 8.14. The molecule has 0 bridgehead atoms. The number of nitrogens with zero attached hydrogens (tertiary/aromatic N) is 1. The molecule has 0 spiro atoms. The average Bonchev–Trinajstić information content (AvgIpc) is 3.35. The normalized spacial score (nSPS) is 15.3. The molecule has 0 aromatic heterocycles. The van der Waals surface area contributed by atoms with Crippen LogP contribution in [0.2, 0.25) is 0 Å². The minimum Gasteiger partial charge on any atom is -0.343 e. The highest BCUT2D eigenvalue weighted by atomic mass is 15.0. The number of rotatable bonds is 7. The summed E-state index contributed by atoms with van der Waals surface area (Å²) in [5.74, 6) is 0.754. The van der Waals surface area contributed by atoms with E-state index in [4.69, 9.17) is 10.4 Å². The molecule has 0 saturated carbocycles. The van der Waals surface area contributed by atoms with Crippen LogP contribution in [0.3, 0.4) is 0 Å². The molecule has 5 aromatic rings. The van der Waals surface area contributed by atoms with Gasteiger partial charge in [0.05, 0.1) is 11.4 Å². The summed E-state index contributed by atoms with van der Waals surface area (Å²) < 4.78 is 0. The molecule has 7 rings (SSSR count). The second-order valence-electron chi connectivity index (χ2n) is 12.8. The Morgan fingerprint density at radius 3 is 2.11 bits per heavy atom. The zero-order valence-corrected chi connectivity index (χ0v) is 27.2. The van der Waals surface area contributed by atoms with Gasteiger partial charge in [-0.3, -0.25) is 0 Å². The van der Waals surface area contributed by atoms with Gasteiger partial charge in [-0.15, -0.1) is 0 Å². The summed E-state index contributed by atoms with van der Waals surface area (Å²) in [6, 6.07) is 43.9. The fourth-order valence-corrected chi connectivity index (χ4v) is 7.08. The van der Waals surface area contributed by atoms with Crippen LogP contribution in [0.5, 0.6) is 0 Å². The molecular formula is C44H39N3. The first-order chi connectivity index (χ1) is 22.9. The number of aliphatic imine (C=N–C) groups is 1. The lowest BCUT2D eigenvalue weighted by Crippen LogP contribution is -2.18. The first-order valence-corrected chi connectivity index (χ1v) is 16.4. The van der Waals surface area contributed by atoms with E-state index >= 15 is 0 Å². The zero-order chi connectivity index (χ0) is 32.4. The molecule has 0 amide bonds. The van der Waals surface area contributed by atoms with Crippen molar-refractivity contribution < 1.29 is 0 Å². The minimum absolute atomic E-state index is 0.0754. The van der Waals surface area contributed by atoms with Crippen LogP contribution in [0.4, 0.5) is 5.69 Å². The molecule has 0 unspecified atom stereocenters. The molecular weight excluding hydrogens is 571 g/mol. The average molecular weight is 610 g/mol. The topological polar surface area (TPSA) is 48.2 Å². The molecule has 2 aliphatic rings. The highest BCUT2D eigenvalue weighted by Crippen LogP contribution is 2.53. The molecule has 0 aliphatic heterocycles. The van der Waals surface area contributed by atoms with Gasteiger partial charge in [0, 0.05) is 22.2 Å². The minimum atomic E-state index is -0.0754. The first kappa shape index (κ1) is 30.1. The Bertz CT molecular complexity index is 2080. The van der Waals surface area contributed by atoms with E-state index in [1.165, 1.54) is 33.4 Å². The van der Waals surface area contributed by atoms with Crippen molar-refractivity contribution in [2.24, 2.45) is 4.99 Å². The standard InChI is InChI=1S/C44H39N3/c1-30(46-41-24-13-11-20-36(41)38-22-14-21-37-35-19-10-12-23-39(35)44(2,3)43(37)38)47-42(29-40(45)33-17-8-5-9-18-33)34-27-25-32(26-28-34)31-15-6-4-7-16-31/h4-9,11-18,20-29,45H,10,19H2,1-3H3,(H,46,47)/b42-29-,45-40?. The number of para-hydroxylation sites is 1. The van der Waals surface area contributed by atoms with E-state index in [0.717, 1.165) is 52.3 Å². The third-order valence-electron chi connectivity index (χ3n) is 9.33. The van der Waals surface area contributed by atoms with Crippen molar-refractivity contribution in [1.29, 1.82) is 5.41 Å². The largest absolute Gasteiger partial charge is 0.343 e. The van der Waals surface area contributed by atoms with Gasteiger partial charge >= 0.3 is 0 Å². The summed E-state index contributed by atoms with van der Waals surface area (Å²) in [6.07, 6.45) is 8.71. The van der Waals surface area contributed by atoms with Crippen molar-refractivity contribution in [2.75, 3.05) is 5.32 Å². The lowest BCUT2D eigenvalue weighted by Gasteiger charge is -2.27. The van der Waals surface area contributed by atoms with Crippen molar-refractivity contribution in [3.63, 3.8) is 0 Å². The third-order valence-corrected chi connectivity index (χ3v) is 9.33. The summed E-state index contributed by atoms with van der Waals surface area (Å²) in [4.78, 5) is 5.11. The summed E-state index contributed by atoms with van der Waals surface area (Å²) in [6.45, 7) is 6.72. The Balaban J connectivity index is 1.25. The fourth-order valence-electron chi connectivity index (χ4n) is 7.08. The van der Waals surface area contributed by atoms with Crippen LogP contribution in [0.1, 0.15) is 55.9 Å². The SMILES string of the molecule is CC(=N/C(=C\C(=N)c1ccccc1)c1ccc(-c2ccccc2)cc1)Nc1ccccc1-c1cccc2c1C(C)(C)C1=C2CCC=C1. The molecule has 0 radical (unpaired) electrons. The predicted octanol–water partition coefficient (Wildman–Crippen LogP) is 11.4. The van der Waals surface area contributed by atoms with E-state index in [1.54, 1.807) is 0 Å². The highest BCUT2D eigenvalue weighted by molar-refractivity contribution is 6.11. The van der Waals surface area contributed by atoms with E-state index in [0.29, 0.717) is 5.71 Å². The maximum atomic E-state index is 8.90. The molecule has 0 saturated heterocycles. The van der Waals surface area contributed by atoms with Gasteiger partial charge < -0.3 is 10.7 Å². The number of benzene rings is 5. The molecule has 47 heavy (non-hydrogen) atoms. The number of fused-ring (bicyclic) bond motifs is 2. The van der Waals surface area contributed by atoms with Gasteiger partial charge in [-0.25, -0.2) is 4.99 Å². The maximum absolute atomic E-state index is 8.90. The molecule has 3 heteroatoms. The molecule has 230 valence electrons. The van der Waals surface area contributed by atoms with Gasteiger partial charge in [-0.2, -0.15) is 0 Å². The van der Waals surface area contributed by atoms with Crippen LogP contribution in [-0.2, 0) is 5.41 Å². The number of anilines is 1. The smallest absolute Gasteiger partial charge is 0.103 e. The number of amidine groups is 1. The summed E-state index contributed by atoms with van der Waals surface area (Å²) in [5.41, 5.74) is 14.3. The predicted molar refractivity (Wildman–Crippen MR) is 200 cm³/mol. The first-order valence-electron chi connectivity index (χ1n) is 16.4. The van der Waals surface area contributed by atoms with E-state index in [2.05, 4.69) is 122 Å². The summed E-state index contributed by atoms with van der Waals surface area (Å²) in [5, 5.41) is 12.6. The van der Waals surface area contributed by atoms with Crippen LogP contribution in [0, 0.1) is 5.41 Å². The number of nitrogens with one attached hydrogen (secondary N) is 2. The van der Waals surface area contributed by atoms with Crippen molar-refractivity contribution in [3.05, 3.63) is 173 Å². The molecule has 0 atom stereocenters. The molecule has 2 N–H and O–H groups in total. The summed E-state index contributed by atoms with van der Waals surface area (Å²) >= 11 is 0. The van der Waals surface area contributed by atoms with E-state index in [1.807, 2.05) is 49.4 Å². The Morgan fingerprint density at radius 2 is 1.34 bits per heavy atom. The monoisotopic (exact) mass is 609 g/mol. The van der Waals surface area contributed by atoms with E-state index in [9.17, 15) is 0 Å². The lowest BCUT2D eigenvalue weighted by molar-refractivity contribution is 0.653. The molecule has 5 aromatic carbocycles. The quantitative estimate of drug-likeness (QED) is 0.140. The van der Waals surface area contributed by atoms with E-state index < -0.39 is 0 Å². The zero-order valence-electron chi connectivity index (χ0n) is 27.2. The molecule has 3 nitrogen and oxygen atoms in total. The summed E-state index contributed by atoms with van der Waals surface area (Å²) in [7, 11) is 0. The van der Waals surface area contributed by atoms with Gasteiger partial charge in [0.25, 0.3) is 0 Å². The van der Waals surface area contributed by atoms with Crippen LogP contribution < -0.4 is 5.32 Å². The van der Waals surface area contributed by atoms with Crippen molar-refractivity contribution in [1.82, 2.24) is 0 Å². The molecule has 0 fully saturated rings. The fraction of sp³-hybridized carbons (Fsp3) is 0.136. The number of hydrogen-bond acceptors (Lipinski definition) is 2. The van der Waals surface area contributed by atoms with Crippen molar-refractivity contribution >= 4 is 28.5 Å². The second kappa shape index (κ2) is 12.7.